The highest BCUT2D eigenvalue weighted by molar-refractivity contribution is 5.83. The van der Waals surface area contributed by atoms with E-state index < -0.39 is 4.92 Å². The lowest BCUT2D eigenvalue weighted by Gasteiger charge is -2.14. The van der Waals surface area contributed by atoms with Crippen LogP contribution >= 0.6 is 0 Å². The van der Waals surface area contributed by atoms with Crippen LogP contribution in [0.15, 0.2) is 12.1 Å². The molecule has 1 rings (SSSR count). The van der Waals surface area contributed by atoms with Crippen molar-refractivity contribution >= 4 is 12.0 Å². The molecule has 0 heterocycles. The van der Waals surface area contributed by atoms with E-state index in [4.69, 9.17) is 9.47 Å². The van der Waals surface area contributed by atoms with E-state index in [0.29, 0.717) is 24.6 Å². The van der Waals surface area contributed by atoms with Gasteiger partial charge in [0.25, 0.3) is 5.69 Å². The van der Waals surface area contributed by atoms with Gasteiger partial charge in [0.2, 0.25) is 0 Å². The average Bonchev–Trinajstić information content (AvgIpc) is 2.44. The zero-order chi connectivity index (χ0) is 15.1. The first-order valence-corrected chi connectivity index (χ1v) is 6.47. The van der Waals surface area contributed by atoms with Crippen LogP contribution in [0.1, 0.15) is 37.0 Å². The van der Waals surface area contributed by atoms with Crippen molar-refractivity contribution in [1.82, 2.24) is 0 Å². The molecule has 110 valence electrons. The third-order valence-corrected chi connectivity index (χ3v) is 2.94. The van der Waals surface area contributed by atoms with Crippen molar-refractivity contribution < 1.29 is 19.2 Å². The number of nitro groups is 1. The number of nitrogens with zero attached hydrogens (tertiary/aromatic N) is 1. The summed E-state index contributed by atoms with van der Waals surface area (Å²) in [5, 5.41) is 10.9. The van der Waals surface area contributed by atoms with Crippen LogP contribution in [0.25, 0.3) is 0 Å². The summed E-state index contributed by atoms with van der Waals surface area (Å²) in [5.74, 6) is 0.948. The van der Waals surface area contributed by atoms with Gasteiger partial charge in [-0.3, -0.25) is 14.9 Å². The zero-order valence-electron chi connectivity index (χ0n) is 11.9. The van der Waals surface area contributed by atoms with Crippen LogP contribution in [0.2, 0.25) is 0 Å². The lowest BCUT2D eigenvalue weighted by atomic mass is 10.1. The molecule has 0 fully saturated rings. The molecule has 0 aliphatic rings. The van der Waals surface area contributed by atoms with Gasteiger partial charge in [0.1, 0.15) is 0 Å². The normalized spacial score (nSPS) is 11.8. The minimum atomic E-state index is -0.606. The molecule has 1 aromatic carbocycles. The number of rotatable bonds is 8. The molecule has 1 atom stereocenters. The monoisotopic (exact) mass is 281 g/mol. The lowest BCUT2D eigenvalue weighted by Crippen LogP contribution is -2.09. The number of methoxy groups -OCH3 is 1. The highest BCUT2D eigenvalue weighted by Gasteiger charge is 2.19. The molecule has 1 unspecified atom stereocenters. The predicted octanol–water partition coefficient (Wildman–Crippen LogP) is 3.23. The smallest absolute Gasteiger partial charge is 0.283 e. The molecule has 20 heavy (non-hydrogen) atoms. The quantitative estimate of drug-likeness (QED) is 0.415. The van der Waals surface area contributed by atoms with Gasteiger partial charge < -0.3 is 9.47 Å². The highest BCUT2D eigenvalue weighted by Crippen LogP contribution is 2.34. The van der Waals surface area contributed by atoms with Crippen molar-refractivity contribution in [3.8, 4) is 11.5 Å². The number of hydrogen-bond donors (Lipinski definition) is 0. The Balaban J connectivity index is 3.01. The van der Waals surface area contributed by atoms with Gasteiger partial charge in [0, 0.05) is 6.07 Å². The fourth-order valence-electron chi connectivity index (χ4n) is 1.90. The Morgan fingerprint density at radius 2 is 2.10 bits per heavy atom. The third-order valence-electron chi connectivity index (χ3n) is 2.94. The van der Waals surface area contributed by atoms with Crippen LogP contribution < -0.4 is 9.47 Å². The van der Waals surface area contributed by atoms with Gasteiger partial charge in [-0.25, -0.2) is 0 Å². The van der Waals surface area contributed by atoms with Crippen molar-refractivity contribution in [3.63, 3.8) is 0 Å². The first kappa shape index (κ1) is 15.9. The first-order valence-electron chi connectivity index (χ1n) is 6.47. The maximum atomic E-state index is 10.9. The molecule has 0 aliphatic carbocycles. The van der Waals surface area contributed by atoms with Gasteiger partial charge in [-0.1, -0.05) is 20.3 Å². The largest absolute Gasteiger partial charge is 0.493 e. The second-order valence-corrected chi connectivity index (χ2v) is 4.64. The van der Waals surface area contributed by atoms with Crippen LogP contribution in [0.4, 0.5) is 5.69 Å². The summed E-state index contributed by atoms with van der Waals surface area (Å²) in [7, 11) is 1.43. The van der Waals surface area contributed by atoms with E-state index in [1.54, 1.807) is 0 Å². The van der Waals surface area contributed by atoms with E-state index >= 15 is 0 Å². The number of hydrogen-bond acceptors (Lipinski definition) is 5. The Hall–Kier alpha value is -2.11. The van der Waals surface area contributed by atoms with Gasteiger partial charge in [-0.05, 0) is 12.3 Å². The molecule has 0 N–H and O–H groups in total. The number of ether oxygens (including phenoxy) is 2. The molecule has 0 saturated carbocycles. The van der Waals surface area contributed by atoms with Gasteiger partial charge in [0.15, 0.2) is 17.8 Å². The second kappa shape index (κ2) is 7.47. The molecule has 6 nitrogen and oxygen atoms in total. The first-order chi connectivity index (χ1) is 9.53. The SMILES string of the molecule is CCCC(C)COc1cc([N+](=O)[O-])c(C=O)cc1OC. The maximum absolute atomic E-state index is 10.9. The Morgan fingerprint density at radius 1 is 1.40 bits per heavy atom. The Kier molecular flexibility index (Phi) is 5.96. The minimum Gasteiger partial charge on any atom is -0.493 e. The molecule has 0 saturated heterocycles. The summed E-state index contributed by atoms with van der Waals surface area (Å²) in [6, 6.07) is 2.56. The number of carbonyl (C=O) groups excluding carboxylic acids is 1. The Morgan fingerprint density at radius 3 is 2.60 bits per heavy atom. The molecular weight excluding hydrogens is 262 g/mol. The number of carbonyl (C=O) groups is 1. The Bertz CT molecular complexity index is 487. The summed E-state index contributed by atoms with van der Waals surface area (Å²) in [4.78, 5) is 21.2. The van der Waals surface area contributed by atoms with Gasteiger partial charge in [-0.2, -0.15) is 0 Å². The molecule has 0 aromatic heterocycles. The summed E-state index contributed by atoms with van der Waals surface area (Å²) in [6.45, 7) is 4.58. The topological polar surface area (TPSA) is 78.7 Å². The fraction of sp³-hybridized carbons (Fsp3) is 0.500. The van der Waals surface area contributed by atoms with Crippen LogP contribution in [-0.2, 0) is 0 Å². The van der Waals surface area contributed by atoms with Crippen LogP contribution in [-0.4, -0.2) is 24.9 Å². The van der Waals surface area contributed by atoms with E-state index in [2.05, 4.69) is 6.92 Å². The van der Waals surface area contributed by atoms with Crippen molar-refractivity contribution in [2.24, 2.45) is 5.92 Å². The van der Waals surface area contributed by atoms with E-state index in [0.717, 1.165) is 12.8 Å². The summed E-state index contributed by atoms with van der Waals surface area (Å²) >= 11 is 0. The van der Waals surface area contributed by atoms with Gasteiger partial charge in [0.05, 0.1) is 30.3 Å². The van der Waals surface area contributed by atoms with Crippen molar-refractivity contribution in [2.45, 2.75) is 26.7 Å². The number of benzene rings is 1. The van der Waals surface area contributed by atoms with E-state index in [-0.39, 0.29) is 17.0 Å². The highest BCUT2D eigenvalue weighted by atomic mass is 16.6. The number of aldehydes is 1. The predicted molar refractivity (Wildman–Crippen MR) is 74.6 cm³/mol. The zero-order valence-corrected chi connectivity index (χ0v) is 11.9. The van der Waals surface area contributed by atoms with Crippen LogP contribution in [0.3, 0.4) is 0 Å². The maximum Gasteiger partial charge on any atom is 0.283 e. The summed E-state index contributed by atoms with van der Waals surface area (Å²) in [5.41, 5.74) is -0.306. The molecule has 0 radical (unpaired) electrons. The lowest BCUT2D eigenvalue weighted by molar-refractivity contribution is -0.385. The fourth-order valence-corrected chi connectivity index (χ4v) is 1.90. The van der Waals surface area contributed by atoms with Gasteiger partial charge in [-0.15, -0.1) is 0 Å². The molecular formula is C14H19NO5. The van der Waals surface area contributed by atoms with Crippen LogP contribution in [0.5, 0.6) is 11.5 Å². The summed E-state index contributed by atoms with van der Waals surface area (Å²) < 4.78 is 10.7. The molecule has 0 bridgehead atoms. The summed E-state index contributed by atoms with van der Waals surface area (Å²) in [6.07, 6.45) is 2.49. The second-order valence-electron chi connectivity index (χ2n) is 4.64. The molecule has 0 amide bonds. The van der Waals surface area contributed by atoms with Gasteiger partial charge >= 0.3 is 0 Å². The van der Waals surface area contributed by atoms with E-state index in [1.165, 1.54) is 19.2 Å². The van der Waals surface area contributed by atoms with Crippen molar-refractivity contribution in [2.75, 3.05) is 13.7 Å². The molecule has 0 spiro atoms. The third kappa shape index (κ3) is 3.94. The molecule has 0 aliphatic heterocycles. The number of nitro benzene ring substituents is 1. The van der Waals surface area contributed by atoms with E-state index in [9.17, 15) is 14.9 Å². The average molecular weight is 281 g/mol. The van der Waals surface area contributed by atoms with Crippen molar-refractivity contribution in [1.29, 1.82) is 0 Å². The Labute approximate surface area is 117 Å². The standard InChI is InChI=1S/C14H19NO5/c1-4-5-10(2)9-20-14-7-12(15(17)18)11(8-16)6-13(14)19-3/h6-8,10H,4-5,9H2,1-3H3. The van der Waals surface area contributed by atoms with E-state index in [1.807, 2.05) is 6.92 Å². The molecule has 1 aromatic rings. The van der Waals surface area contributed by atoms with Crippen LogP contribution in [0, 0.1) is 16.0 Å². The van der Waals surface area contributed by atoms with Crippen molar-refractivity contribution in [3.05, 3.63) is 27.8 Å². The molecule has 6 heteroatoms. The minimum absolute atomic E-state index is 0.0270.